The van der Waals surface area contributed by atoms with Crippen LogP contribution in [-0.4, -0.2) is 43.3 Å². The third-order valence-electron chi connectivity index (χ3n) is 4.86. The zero-order valence-electron chi connectivity index (χ0n) is 16.8. The Hall–Kier alpha value is -3.48. The van der Waals surface area contributed by atoms with E-state index in [1.165, 1.54) is 6.92 Å². The number of hydrogen-bond donors (Lipinski definition) is 1. The van der Waals surface area contributed by atoms with Crippen LogP contribution in [0.3, 0.4) is 0 Å². The van der Waals surface area contributed by atoms with Gasteiger partial charge in [-0.2, -0.15) is 0 Å². The molecule has 1 fully saturated rings. The molecule has 1 aliphatic heterocycles. The van der Waals surface area contributed by atoms with E-state index in [0.29, 0.717) is 42.7 Å². The van der Waals surface area contributed by atoms with E-state index < -0.39 is 5.97 Å². The minimum Gasteiger partial charge on any atom is -0.454 e. The molecule has 0 bridgehead atoms. The van der Waals surface area contributed by atoms with Crippen LogP contribution < -0.4 is 10.2 Å². The second kappa shape index (κ2) is 9.82. The number of ether oxygens (including phenoxy) is 1. The lowest BCUT2D eigenvalue weighted by Gasteiger charge is -2.16. The van der Waals surface area contributed by atoms with E-state index in [2.05, 4.69) is 5.32 Å². The van der Waals surface area contributed by atoms with E-state index in [1.54, 1.807) is 41.3 Å². The first-order valence-corrected chi connectivity index (χ1v) is 9.88. The number of carbonyl (C=O) groups is 4. The molecule has 0 unspecified atom stereocenters. The average molecular weight is 408 g/mol. The maximum atomic E-state index is 12.3. The maximum Gasteiger partial charge on any atom is 0.338 e. The van der Waals surface area contributed by atoms with Crippen molar-refractivity contribution in [1.82, 2.24) is 5.32 Å². The molecule has 2 aromatic rings. The molecule has 0 atom stereocenters. The second-order valence-electron chi connectivity index (χ2n) is 7.13. The summed E-state index contributed by atoms with van der Waals surface area (Å²) in [6.07, 6.45) is 1.97. The highest BCUT2D eigenvalue weighted by Crippen LogP contribution is 2.22. The Morgan fingerprint density at radius 1 is 1.07 bits per heavy atom. The van der Waals surface area contributed by atoms with E-state index in [1.807, 2.05) is 12.1 Å². The molecule has 2 aromatic carbocycles. The topological polar surface area (TPSA) is 92.8 Å². The number of Topliss-reactive ketones (excluding diaryl/α,β-unsaturated/α-hetero) is 1. The summed E-state index contributed by atoms with van der Waals surface area (Å²) in [6, 6.07) is 13.7. The van der Waals surface area contributed by atoms with Gasteiger partial charge in [-0.25, -0.2) is 4.79 Å². The quantitative estimate of drug-likeness (QED) is 0.535. The summed E-state index contributed by atoms with van der Waals surface area (Å²) >= 11 is 0. The Kier molecular flexibility index (Phi) is 6.95. The van der Waals surface area contributed by atoms with Gasteiger partial charge in [0, 0.05) is 37.7 Å². The lowest BCUT2D eigenvalue weighted by atomic mass is 10.1. The zero-order valence-corrected chi connectivity index (χ0v) is 16.8. The van der Waals surface area contributed by atoms with Gasteiger partial charge in [-0.3, -0.25) is 14.4 Å². The van der Waals surface area contributed by atoms with Crippen molar-refractivity contribution in [1.29, 1.82) is 0 Å². The fourth-order valence-corrected chi connectivity index (χ4v) is 3.26. The van der Waals surface area contributed by atoms with E-state index in [9.17, 15) is 19.2 Å². The molecule has 156 valence electrons. The zero-order chi connectivity index (χ0) is 21.5. The van der Waals surface area contributed by atoms with Crippen molar-refractivity contribution >= 4 is 29.3 Å². The molecule has 0 spiro atoms. The first-order chi connectivity index (χ1) is 14.4. The number of rotatable bonds is 8. The van der Waals surface area contributed by atoms with Crippen LogP contribution in [0, 0.1) is 0 Å². The molecule has 2 amide bonds. The van der Waals surface area contributed by atoms with E-state index in [0.717, 1.165) is 12.0 Å². The first-order valence-electron chi connectivity index (χ1n) is 9.88. The summed E-state index contributed by atoms with van der Waals surface area (Å²) in [4.78, 5) is 49.1. The number of hydrogen-bond acceptors (Lipinski definition) is 5. The number of benzene rings is 2. The standard InChI is InChI=1S/C23H24N2O5/c1-16(26)24-12-11-17-7-9-18(10-8-17)21(27)15-30-23(29)19-4-2-5-20(14-19)25-13-3-6-22(25)28/h2,4-5,7-10,14H,3,6,11-13,15H2,1H3,(H,24,26). The first kappa shape index (κ1) is 21.2. The summed E-state index contributed by atoms with van der Waals surface area (Å²) in [6.45, 7) is 2.27. The lowest BCUT2D eigenvalue weighted by Crippen LogP contribution is -2.24. The maximum absolute atomic E-state index is 12.3. The number of nitrogens with one attached hydrogen (secondary N) is 1. The van der Waals surface area contributed by atoms with Crippen LogP contribution in [0.2, 0.25) is 0 Å². The smallest absolute Gasteiger partial charge is 0.338 e. The fourth-order valence-electron chi connectivity index (χ4n) is 3.26. The van der Waals surface area contributed by atoms with Gasteiger partial charge in [0.1, 0.15) is 0 Å². The monoisotopic (exact) mass is 408 g/mol. The predicted octanol–water partition coefficient (Wildman–Crippen LogP) is 2.53. The second-order valence-corrected chi connectivity index (χ2v) is 7.13. The van der Waals surface area contributed by atoms with Crippen LogP contribution in [-0.2, 0) is 20.7 Å². The Morgan fingerprint density at radius 2 is 1.83 bits per heavy atom. The predicted molar refractivity (Wildman–Crippen MR) is 111 cm³/mol. The van der Waals surface area contributed by atoms with Gasteiger partial charge >= 0.3 is 5.97 Å². The molecule has 30 heavy (non-hydrogen) atoms. The number of ketones is 1. The van der Waals surface area contributed by atoms with E-state index >= 15 is 0 Å². The third kappa shape index (κ3) is 5.53. The van der Waals surface area contributed by atoms with E-state index in [4.69, 9.17) is 4.74 Å². The van der Waals surface area contributed by atoms with Gasteiger partial charge in [0.05, 0.1) is 5.56 Å². The fraction of sp³-hybridized carbons (Fsp3) is 0.304. The van der Waals surface area contributed by atoms with Crippen LogP contribution in [0.4, 0.5) is 5.69 Å². The van der Waals surface area contributed by atoms with Gasteiger partial charge in [0.2, 0.25) is 11.8 Å². The van der Waals surface area contributed by atoms with Crippen molar-refractivity contribution in [2.75, 3.05) is 24.6 Å². The highest BCUT2D eigenvalue weighted by atomic mass is 16.5. The van der Waals surface area contributed by atoms with Crippen molar-refractivity contribution in [3.63, 3.8) is 0 Å². The number of amides is 2. The molecule has 1 N–H and O–H groups in total. The number of nitrogens with zero attached hydrogens (tertiary/aromatic N) is 1. The summed E-state index contributed by atoms with van der Waals surface area (Å²) in [5, 5.41) is 2.72. The van der Waals surface area contributed by atoms with Crippen molar-refractivity contribution in [2.45, 2.75) is 26.2 Å². The molecule has 1 heterocycles. The van der Waals surface area contributed by atoms with Gasteiger partial charge in [0.25, 0.3) is 0 Å². The Balaban J connectivity index is 1.53. The molecule has 0 aliphatic carbocycles. The van der Waals surface area contributed by atoms with Crippen molar-refractivity contribution in [3.05, 3.63) is 65.2 Å². The van der Waals surface area contributed by atoms with Crippen molar-refractivity contribution in [3.8, 4) is 0 Å². The van der Waals surface area contributed by atoms with Crippen LogP contribution in [0.15, 0.2) is 48.5 Å². The molecule has 0 aromatic heterocycles. The minimum absolute atomic E-state index is 0.0382. The molecular formula is C23H24N2O5. The largest absolute Gasteiger partial charge is 0.454 e. The molecular weight excluding hydrogens is 384 g/mol. The Morgan fingerprint density at radius 3 is 2.50 bits per heavy atom. The number of carbonyl (C=O) groups excluding carboxylic acids is 4. The Labute approximate surface area is 175 Å². The highest BCUT2D eigenvalue weighted by molar-refractivity contribution is 6.00. The van der Waals surface area contributed by atoms with Crippen molar-refractivity contribution in [2.24, 2.45) is 0 Å². The van der Waals surface area contributed by atoms with Gasteiger partial charge in [-0.05, 0) is 36.6 Å². The Bertz CT molecular complexity index is 952. The van der Waals surface area contributed by atoms with Gasteiger partial charge in [-0.15, -0.1) is 0 Å². The lowest BCUT2D eigenvalue weighted by molar-refractivity contribution is -0.119. The van der Waals surface area contributed by atoms with Crippen LogP contribution in [0.25, 0.3) is 0 Å². The van der Waals surface area contributed by atoms with E-state index in [-0.39, 0.29) is 24.2 Å². The number of esters is 1. The normalized spacial score (nSPS) is 13.2. The number of anilines is 1. The average Bonchev–Trinajstić information content (AvgIpc) is 3.18. The highest BCUT2D eigenvalue weighted by Gasteiger charge is 2.22. The summed E-state index contributed by atoms with van der Waals surface area (Å²) in [5.41, 5.74) is 2.40. The third-order valence-corrected chi connectivity index (χ3v) is 4.86. The van der Waals surface area contributed by atoms with Crippen molar-refractivity contribution < 1.29 is 23.9 Å². The van der Waals surface area contributed by atoms with Gasteiger partial charge in [-0.1, -0.05) is 30.3 Å². The van der Waals surface area contributed by atoms with Gasteiger partial charge in [0.15, 0.2) is 12.4 Å². The minimum atomic E-state index is -0.608. The van der Waals surface area contributed by atoms with Gasteiger partial charge < -0.3 is 15.0 Å². The molecule has 3 rings (SSSR count). The van der Waals surface area contributed by atoms with Crippen LogP contribution in [0.5, 0.6) is 0 Å². The summed E-state index contributed by atoms with van der Waals surface area (Å²) in [5.74, 6) is -0.955. The molecule has 0 saturated carbocycles. The molecule has 1 aliphatic rings. The van der Waals surface area contributed by atoms with Crippen LogP contribution >= 0.6 is 0 Å². The molecule has 1 saturated heterocycles. The SMILES string of the molecule is CC(=O)NCCc1ccc(C(=O)COC(=O)c2cccc(N3CCCC3=O)c2)cc1. The summed E-state index contributed by atoms with van der Waals surface area (Å²) < 4.78 is 5.17. The molecule has 0 radical (unpaired) electrons. The van der Waals surface area contributed by atoms with Crippen LogP contribution in [0.1, 0.15) is 46.0 Å². The molecule has 7 heteroatoms. The molecule has 7 nitrogen and oxygen atoms in total. The summed E-state index contributed by atoms with van der Waals surface area (Å²) in [7, 11) is 0.